The van der Waals surface area contributed by atoms with Crippen molar-refractivity contribution in [3.63, 3.8) is 0 Å². The Labute approximate surface area is 214 Å². The molecule has 5 heteroatoms. The summed E-state index contributed by atoms with van der Waals surface area (Å²) in [7, 11) is 0. The van der Waals surface area contributed by atoms with E-state index in [1.165, 1.54) is 24.0 Å². The predicted octanol–water partition coefficient (Wildman–Crippen LogP) is 4.61. The number of rotatable bonds is 10. The molecule has 3 aromatic carbocycles. The smallest absolute Gasteiger partial charge is 0.224 e. The fraction of sp³-hybridized carbons (Fsp3) is 0.387. The van der Waals surface area contributed by atoms with Crippen molar-refractivity contribution in [3.8, 4) is 11.5 Å². The summed E-state index contributed by atoms with van der Waals surface area (Å²) in [6.07, 6.45) is 5.68. The number of ether oxygens (including phenoxy) is 2. The molecule has 5 nitrogen and oxygen atoms in total. The first-order valence-electron chi connectivity index (χ1n) is 13.2. The molecular weight excluding hydrogens is 448 g/mol. The number of carbonyl (C=O) groups is 1. The number of fused-ring (bicyclic) bond motifs is 1. The van der Waals surface area contributed by atoms with Crippen LogP contribution in [-0.2, 0) is 30.5 Å². The van der Waals surface area contributed by atoms with Crippen LogP contribution in [0.1, 0.15) is 35.1 Å². The van der Waals surface area contributed by atoms with E-state index in [2.05, 4.69) is 76.9 Å². The van der Waals surface area contributed by atoms with Gasteiger partial charge in [-0.05, 0) is 79.6 Å². The highest BCUT2D eigenvalue weighted by Gasteiger charge is 2.21. The van der Waals surface area contributed by atoms with Crippen LogP contribution in [0.15, 0.2) is 72.8 Å². The van der Waals surface area contributed by atoms with Gasteiger partial charge in [-0.1, -0.05) is 60.7 Å². The number of aryl methyl sites for hydroxylation is 2. The van der Waals surface area contributed by atoms with Crippen molar-refractivity contribution >= 4 is 5.91 Å². The molecule has 2 heterocycles. The zero-order valence-corrected chi connectivity index (χ0v) is 21.0. The van der Waals surface area contributed by atoms with E-state index in [0.717, 1.165) is 61.5 Å². The monoisotopic (exact) mass is 484 g/mol. The fourth-order valence-electron chi connectivity index (χ4n) is 5.16. The van der Waals surface area contributed by atoms with E-state index in [1.54, 1.807) is 0 Å². The molecule has 0 aliphatic carbocycles. The summed E-state index contributed by atoms with van der Waals surface area (Å²) in [6.45, 7) is 4.26. The number of nitrogens with zero attached hydrogens (tertiary/aromatic N) is 1. The van der Waals surface area contributed by atoms with Crippen LogP contribution >= 0.6 is 0 Å². The molecule has 0 bridgehead atoms. The molecule has 0 spiro atoms. The molecule has 5 rings (SSSR count). The second-order valence-corrected chi connectivity index (χ2v) is 9.93. The third kappa shape index (κ3) is 6.88. The Morgan fingerprint density at radius 3 is 2.17 bits per heavy atom. The van der Waals surface area contributed by atoms with Gasteiger partial charge in [0.25, 0.3) is 0 Å². The topological polar surface area (TPSA) is 50.8 Å². The van der Waals surface area contributed by atoms with Gasteiger partial charge < -0.3 is 19.7 Å². The maximum absolute atomic E-state index is 13.0. The van der Waals surface area contributed by atoms with Crippen molar-refractivity contribution in [3.05, 3.63) is 95.1 Å². The molecule has 1 amide bonds. The lowest BCUT2D eigenvalue weighted by Crippen LogP contribution is -2.45. The molecule has 1 saturated heterocycles. The third-order valence-electron chi connectivity index (χ3n) is 7.06. The van der Waals surface area contributed by atoms with Crippen LogP contribution in [0.5, 0.6) is 11.5 Å². The molecule has 1 atom stereocenters. The van der Waals surface area contributed by atoms with Gasteiger partial charge in [0.05, 0.1) is 6.42 Å². The zero-order chi connectivity index (χ0) is 24.6. The van der Waals surface area contributed by atoms with E-state index < -0.39 is 0 Å². The minimum absolute atomic E-state index is 0.0586. The molecule has 3 aromatic rings. The molecule has 0 saturated carbocycles. The van der Waals surface area contributed by atoms with Crippen LogP contribution < -0.4 is 14.8 Å². The van der Waals surface area contributed by atoms with Crippen molar-refractivity contribution in [2.24, 2.45) is 0 Å². The van der Waals surface area contributed by atoms with E-state index in [-0.39, 0.29) is 11.9 Å². The van der Waals surface area contributed by atoms with Crippen molar-refractivity contribution in [2.75, 3.05) is 32.8 Å². The minimum atomic E-state index is 0.0586. The number of amides is 1. The molecule has 0 radical (unpaired) electrons. The number of likely N-dealkylation sites (tertiary alicyclic amines) is 1. The Morgan fingerprint density at radius 2 is 1.42 bits per heavy atom. The van der Waals surface area contributed by atoms with Gasteiger partial charge in [-0.3, -0.25) is 4.79 Å². The Bertz CT molecular complexity index is 1120. The largest absolute Gasteiger partial charge is 0.486 e. The molecule has 1 fully saturated rings. The number of hydrogen-bond acceptors (Lipinski definition) is 4. The molecular formula is C31H36N2O3. The number of carbonyl (C=O) groups excluding carboxylic acids is 1. The molecule has 188 valence electrons. The lowest BCUT2D eigenvalue weighted by atomic mass is 10.0. The molecule has 2 aliphatic rings. The highest BCUT2D eigenvalue weighted by atomic mass is 16.6. The van der Waals surface area contributed by atoms with E-state index in [4.69, 9.17) is 9.47 Å². The second-order valence-electron chi connectivity index (χ2n) is 9.93. The van der Waals surface area contributed by atoms with Crippen molar-refractivity contribution in [1.29, 1.82) is 0 Å². The van der Waals surface area contributed by atoms with Gasteiger partial charge in [0, 0.05) is 12.6 Å². The Hall–Kier alpha value is -3.31. The van der Waals surface area contributed by atoms with E-state index in [0.29, 0.717) is 19.6 Å². The first-order valence-corrected chi connectivity index (χ1v) is 13.2. The van der Waals surface area contributed by atoms with E-state index in [9.17, 15) is 4.79 Å². The first kappa shape index (κ1) is 24.4. The third-order valence-corrected chi connectivity index (χ3v) is 7.06. The fourth-order valence-corrected chi connectivity index (χ4v) is 5.16. The molecule has 2 aliphatic heterocycles. The second kappa shape index (κ2) is 12.1. The summed E-state index contributed by atoms with van der Waals surface area (Å²) in [4.78, 5) is 15.5. The summed E-state index contributed by atoms with van der Waals surface area (Å²) in [5, 5.41) is 3.33. The molecule has 1 N–H and O–H groups in total. The van der Waals surface area contributed by atoms with Gasteiger partial charge in [0.1, 0.15) is 13.2 Å². The highest BCUT2D eigenvalue weighted by Crippen LogP contribution is 2.31. The molecule has 0 aromatic heterocycles. The first-order chi connectivity index (χ1) is 17.7. The lowest BCUT2D eigenvalue weighted by Gasteiger charge is -2.25. The van der Waals surface area contributed by atoms with Gasteiger partial charge in [-0.15, -0.1) is 0 Å². The quantitative estimate of drug-likeness (QED) is 0.457. The summed E-state index contributed by atoms with van der Waals surface area (Å²) < 4.78 is 11.4. The molecule has 0 unspecified atom stereocenters. The predicted molar refractivity (Wildman–Crippen MR) is 143 cm³/mol. The van der Waals surface area contributed by atoms with E-state index in [1.807, 2.05) is 6.07 Å². The van der Waals surface area contributed by atoms with Gasteiger partial charge in [-0.25, -0.2) is 0 Å². The summed E-state index contributed by atoms with van der Waals surface area (Å²) in [5.41, 5.74) is 4.86. The van der Waals surface area contributed by atoms with Gasteiger partial charge in [0.15, 0.2) is 11.5 Å². The average molecular weight is 485 g/mol. The normalized spacial score (nSPS) is 16.0. The summed E-state index contributed by atoms with van der Waals surface area (Å²) in [6, 6.07) is 25.2. The maximum atomic E-state index is 13.0. The summed E-state index contributed by atoms with van der Waals surface area (Å²) in [5.74, 6) is 1.68. The number of benzene rings is 3. The molecule has 36 heavy (non-hydrogen) atoms. The zero-order valence-electron chi connectivity index (χ0n) is 21.0. The van der Waals surface area contributed by atoms with Crippen LogP contribution in [0.25, 0.3) is 0 Å². The van der Waals surface area contributed by atoms with Crippen LogP contribution in [0.3, 0.4) is 0 Å². The van der Waals surface area contributed by atoms with E-state index >= 15 is 0 Å². The van der Waals surface area contributed by atoms with Gasteiger partial charge in [-0.2, -0.15) is 0 Å². The van der Waals surface area contributed by atoms with Crippen molar-refractivity contribution in [1.82, 2.24) is 10.2 Å². The standard InChI is InChI=1S/C31H36N2O3/c34-31(22-26-12-10-25(11-13-26)9-8-24-6-2-1-3-7-24)32-28(23-33-16-4-5-17-33)20-27-14-15-29-30(21-27)36-19-18-35-29/h1-3,6-7,10-15,21,28H,4-5,8-9,16-20,22-23H2,(H,32,34)/t28-/m0/s1. The Morgan fingerprint density at radius 1 is 0.778 bits per heavy atom. The minimum Gasteiger partial charge on any atom is -0.486 e. The highest BCUT2D eigenvalue weighted by molar-refractivity contribution is 5.79. The Balaban J connectivity index is 1.17. The summed E-state index contributed by atoms with van der Waals surface area (Å²) >= 11 is 0. The number of hydrogen-bond donors (Lipinski definition) is 1. The van der Waals surface area contributed by atoms with Gasteiger partial charge >= 0.3 is 0 Å². The van der Waals surface area contributed by atoms with Crippen LogP contribution in [0.4, 0.5) is 0 Å². The Kier molecular flexibility index (Phi) is 8.19. The van der Waals surface area contributed by atoms with Crippen molar-refractivity contribution in [2.45, 2.75) is 44.6 Å². The average Bonchev–Trinajstić information content (AvgIpc) is 3.42. The lowest BCUT2D eigenvalue weighted by molar-refractivity contribution is -0.121. The van der Waals surface area contributed by atoms with Crippen molar-refractivity contribution < 1.29 is 14.3 Å². The van der Waals surface area contributed by atoms with Crippen LogP contribution in [-0.4, -0.2) is 49.7 Å². The van der Waals surface area contributed by atoms with Gasteiger partial charge in [0.2, 0.25) is 5.91 Å². The van der Waals surface area contributed by atoms with Crippen LogP contribution in [0, 0.1) is 0 Å². The number of nitrogens with one attached hydrogen (secondary N) is 1. The SMILES string of the molecule is O=C(Cc1ccc(CCc2ccccc2)cc1)N[C@@H](Cc1ccc2c(c1)OCCO2)CN1CCCC1. The van der Waals surface area contributed by atoms with Crippen LogP contribution in [0.2, 0.25) is 0 Å². The maximum Gasteiger partial charge on any atom is 0.224 e.